The Morgan fingerprint density at radius 1 is 1.45 bits per heavy atom. The second kappa shape index (κ2) is 6.69. The van der Waals surface area contributed by atoms with Gasteiger partial charge < -0.3 is 10.1 Å². The van der Waals surface area contributed by atoms with Crippen LogP contribution in [-0.2, 0) is 19.4 Å². The highest BCUT2D eigenvalue weighted by Gasteiger charge is 2.23. The summed E-state index contributed by atoms with van der Waals surface area (Å²) >= 11 is 0. The van der Waals surface area contributed by atoms with E-state index in [-0.39, 0.29) is 16.6 Å². The van der Waals surface area contributed by atoms with E-state index in [0.29, 0.717) is 6.42 Å². The third kappa shape index (κ3) is 4.48. The highest BCUT2D eigenvalue weighted by Crippen LogP contribution is 2.20. The first-order chi connectivity index (χ1) is 9.25. The van der Waals surface area contributed by atoms with E-state index in [1.54, 1.807) is 0 Å². The molecule has 0 saturated carbocycles. The van der Waals surface area contributed by atoms with Crippen LogP contribution in [0.5, 0.6) is 0 Å². The van der Waals surface area contributed by atoms with Crippen molar-refractivity contribution in [2.75, 3.05) is 18.7 Å². The van der Waals surface area contributed by atoms with Crippen LogP contribution in [0.15, 0.2) is 23.2 Å². The predicted octanol–water partition coefficient (Wildman–Crippen LogP) is 1.48. The molecule has 7 heteroatoms. The summed E-state index contributed by atoms with van der Waals surface area (Å²) in [5.74, 6) is -0.0214. The topological polar surface area (TPSA) is 85.4 Å². The average Bonchev–Trinajstić information content (AvgIpc) is 2.36. The number of hydrogen-bond acceptors (Lipinski definition) is 6. The largest absolute Gasteiger partial charge is 0.467 e. The quantitative estimate of drug-likeness (QED) is 0.801. The molecule has 0 aromatic carbocycles. The Labute approximate surface area is 119 Å². The fourth-order valence-electron chi connectivity index (χ4n) is 1.79. The summed E-state index contributed by atoms with van der Waals surface area (Å²) in [5.41, 5.74) is 0. The Balaban J connectivity index is 3.09. The molecule has 1 atom stereocenters. The number of methoxy groups -OCH3 is 1. The summed E-state index contributed by atoms with van der Waals surface area (Å²) in [7, 11) is -2.12. The van der Waals surface area contributed by atoms with Crippen LogP contribution in [0, 0.1) is 5.92 Å². The lowest BCUT2D eigenvalue weighted by atomic mass is 10.0. The molecule has 6 nitrogen and oxygen atoms in total. The van der Waals surface area contributed by atoms with Gasteiger partial charge in [0.05, 0.1) is 7.11 Å². The number of nitrogens with zero attached hydrogens (tertiary/aromatic N) is 1. The van der Waals surface area contributed by atoms with E-state index < -0.39 is 21.8 Å². The monoisotopic (exact) mass is 300 g/mol. The minimum atomic E-state index is -3.42. The standard InChI is InChI=1S/C13H20N2O4S/c1-9(2)8-10(13(16)19-3)15-12-11(20(4,17)18)6-5-7-14-12/h5-7,9-10H,8H2,1-4H3,(H,14,15). The summed E-state index contributed by atoms with van der Waals surface area (Å²) in [4.78, 5) is 15.8. The third-order valence-corrected chi connectivity index (χ3v) is 3.80. The lowest BCUT2D eigenvalue weighted by Crippen LogP contribution is -2.33. The smallest absolute Gasteiger partial charge is 0.328 e. The van der Waals surface area contributed by atoms with Crippen LogP contribution in [0.4, 0.5) is 5.82 Å². The maximum Gasteiger partial charge on any atom is 0.328 e. The van der Waals surface area contributed by atoms with E-state index in [9.17, 15) is 13.2 Å². The Bertz CT molecular complexity index is 569. The SMILES string of the molecule is COC(=O)C(CC(C)C)Nc1ncccc1S(C)(=O)=O. The Morgan fingerprint density at radius 3 is 2.60 bits per heavy atom. The van der Waals surface area contributed by atoms with Crippen LogP contribution in [0.25, 0.3) is 0 Å². The van der Waals surface area contributed by atoms with Crippen molar-refractivity contribution >= 4 is 21.6 Å². The fourth-order valence-corrected chi connectivity index (χ4v) is 2.58. The van der Waals surface area contributed by atoms with E-state index in [2.05, 4.69) is 10.3 Å². The molecule has 1 N–H and O–H groups in total. The van der Waals surface area contributed by atoms with Crippen molar-refractivity contribution in [3.05, 3.63) is 18.3 Å². The molecule has 0 aliphatic carbocycles. The molecule has 1 aromatic heterocycles. The van der Waals surface area contributed by atoms with E-state index in [4.69, 9.17) is 4.74 Å². The van der Waals surface area contributed by atoms with Crippen LogP contribution >= 0.6 is 0 Å². The number of pyridine rings is 1. The molecule has 0 fully saturated rings. The van der Waals surface area contributed by atoms with Crippen molar-refractivity contribution in [3.63, 3.8) is 0 Å². The molecule has 0 amide bonds. The molecule has 20 heavy (non-hydrogen) atoms. The van der Waals surface area contributed by atoms with Gasteiger partial charge >= 0.3 is 5.97 Å². The van der Waals surface area contributed by atoms with Crippen molar-refractivity contribution < 1.29 is 17.9 Å². The van der Waals surface area contributed by atoms with Crippen LogP contribution in [0.3, 0.4) is 0 Å². The Hall–Kier alpha value is -1.63. The van der Waals surface area contributed by atoms with E-state index in [0.717, 1.165) is 6.26 Å². The second-order valence-corrected chi connectivity index (χ2v) is 6.96. The lowest BCUT2D eigenvalue weighted by Gasteiger charge is -2.20. The molecular weight excluding hydrogens is 280 g/mol. The summed E-state index contributed by atoms with van der Waals surface area (Å²) in [6, 6.07) is 2.36. The minimum Gasteiger partial charge on any atom is -0.467 e. The van der Waals surface area contributed by atoms with Gasteiger partial charge in [-0.05, 0) is 24.5 Å². The van der Waals surface area contributed by atoms with Crippen molar-refractivity contribution in [1.82, 2.24) is 4.98 Å². The van der Waals surface area contributed by atoms with Gasteiger partial charge in [0.2, 0.25) is 0 Å². The number of ether oxygens (including phenoxy) is 1. The Morgan fingerprint density at radius 2 is 2.10 bits per heavy atom. The molecule has 1 aromatic rings. The van der Waals surface area contributed by atoms with Crippen LogP contribution in [0.2, 0.25) is 0 Å². The number of carbonyl (C=O) groups excluding carboxylic acids is 1. The number of rotatable bonds is 6. The van der Waals surface area contributed by atoms with Crippen molar-refractivity contribution in [2.24, 2.45) is 5.92 Å². The summed E-state index contributed by atoms with van der Waals surface area (Å²) in [6.07, 6.45) is 3.10. The van der Waals surface area contributed by atoms with Crippen molar-refractivity contribution in [2.45, 2.75) is 31.2 Å². The highest BCUT2D eigenvalue weighted by atomic mass is 32.2. The summed E-state index contributed by atoms with van der Waals surface area (Å²) < 4.78 is 28.1. The molecule has 0 aliphatic heterocycles. The van der Waals surface area contributed by atoms with Gasteiger partial charge in [0.25, 0.3) is 0 Å². The zero-order valence-electron chi connectivity index (χ0n) is 12.1. The van der Waals surface area contributed by atoms with Gasteiger partial charge in [-0.25, -0.2) is 18.2 Å². The molecule has 0 spiro atoms. The number of sulfone groups is 1. The van der Waals surface area contributed by atoms with Gasteiger partial charge in [-0.15, -0.1) is 0 Å². The van der Waals surface area contributed by atoms with E-state index >= 15 is 0 Å². The first-order valence-corrected chi connectivity index (χ1v) is 8.14. The summed E-state index contributed by atoms with van der Waals surface area (Å²) in [6.45, 7) is 3.93. The van der Waals surface area contributed by atoms with Gasteiger partial charge in [-0.3, -0.25) is 0 Å². The molecule has 1 unspecified atom stereocenters. The number of nitrogens with one attached hydrogen (secondary N) is 1. The molecule has 1 heterocycles. The highest BCUT2D eigenvalue weighted by molar-refractivity contribution is 7.90. The Kier molecular flexibility index (Phi) is 5.50. The fraction of sp³-hybridized carbons (Fsp3) is 0.538. The lowest BCUT2D eigenvalue weighted by molar-refractivity contribution is -0.141. The van der Waals surface area contributed by atoms with Gasteiger partial charge in [0.1, 0.15) is 16.8 Å². The molecule has 1 rings (SSSR count). The van der Waals surface area contributed by atoms with E-state index in [1.165, 1.54) is 25.4 Å². The second-order valence-electron chi connectivity index (χ2n) is 4.97. The van der Waals surface area contributed by atoms with Gasteiger partial charge in [-0.1, -0.05) is 13.8 Å². The first kappa shape index (κ1) is 16.4. The number of anilines is 1. The van der Waals surface area contributed by atoms with Crippen molar-refractivity contribution in [1.29, 1.82) is 0 Å². The van der Waals surface area contributed by atoms with Gasteiger partial charge in [0, 0.05) is 12.5 Å². The maximum absolute atomic E-state index is 11.8. The zero-order chi connectivity index (χ0) is 15.3. The zero-order valence-corrected chi connectivity index (χ0v) is 12.9. The van der Waals surface area contributed by atoms with E-state index in [1.807, 2.05) is 13.8 Å². The molecular formula is C13H20N2O4S. The minimum absolute atomic E-state index is 0.0673. The first-order valence-electron chi connectivity index (χ1n) is 6.25. The maximum atomic E-state index is 11.8. The normalized spacial score (nSPS) is 13.1. The molecule has 0 bridgehead atoms. The third-order valence-electron chi connectivity index (χ3n) is 2.67. The number of esters is 1. The molecule has 0 saturated heterocycles. The molecule has 0 radical (unpaired) electrons. The number of hydrogen-bond donors (Lipinski definition) is 1. The van der Waals surface area contributed by atoms with Crippen LogP contribution < -0.4 is 5.32 Å². The molecule has 112 valence electrons. The van der Waals surface area contributed by atoms with Crippen molar-refractivity contribution in [3.8, 4) is 0 Å². The molecule has 0 aliphatic rings. The van der Waals surface area contributed by atoms with Crippen LogP contribution in [-0.4, -0.2) is 38.8 Å². The van der Waals surface area contributed by atoms with Crippen LogP contribution in [0.1, 0.15) is 20.3 Å². The summed E-state index contributed by atoms with van der Waals surface area (Å²) in [5, 5.41) is 2.87. The predicted molar refractivity (Wildman–Crippen MR) is 76.2 cm³/mol. The number of aromatic nitrogens is 1. The van der Waals surface area contributed by atoms with Gasteiger partial charge in [0.15, 0.2) is 9.84 Å². The van der Waals surface area contributed by atoms with Gasteiger partial charge in [-0.2, -0.15) is 0 Å². The average molecular weight is 300 g/mol. The number of carbonyl (C=O) groups is 1.